The highest BCUT2D eigenvalue weighted by atomic mass is 31.2. The van der Waals surface area contributed by atoms with Crippen LogP contribution in [-0.2, 0) is 18.7 Å². The van der Waals surface area contributed by atoms with Gasteiger partial charge in [0, 0.05) is 13.8 Å². The Morgan fingerprint density at radius 3 is 0.895 bits per heavy atom. The Labute approximate surface area is 582 Å². The molecule has 0 rings (SSSR count). The molecule has 2 amide bonds. The van der Waals surface area contributed by atoms with E-state index in [4.69, 9.17) is 15.1 Å². The van der Waals surface area contributed by atoms with E-state index >= 15 is 0 Å². The second kappa shape index (κ2) is 80.8. The first-order chi connectivity index (χ1) is 45.3. The van der Waals surface area contributed by atoms with E-state index in [1.54, 1.807) is 18.2 Å². The van der Waals surface area contributed by atoms with Gasteiger partial charge in [0.05, 0.1) is 44.1 Å². The van der Waals surface area contributed by atoms with E-state index in [9.17, 15) is 44.6 Å². The van der Waals surface area contributed by atoms with Crippen LogP contribution >= 0.6 is 7.82 Å². The van der Waals surface area contributed by atoms with E-state index in [1.165, 1.54) is 284 Å². The molecular weight excluding hydrogens is 1220 g/mol. The van der Waals surface area contributed by atoms with Crippen LogP contribution in [-0.4, -0.2) is 133 Å². The van der Waals surface area contributed by atoms with E-state index in [0.717, 1.165) is 44.9 Å². The van der Waals surface area contributed by atoms with Crippen molar-refractivity contribution in [2.75, 3.05) is 26.4 Å². The van der Waals surface area contributed by atoms with Crippen LogP contribution in [0.15, 0.2) is 36.5 Å². The first-order valence-corrected chi connectivity index (χ1v) is 40.2. The van der Waals surface area contributed by atoms with Gasteiger partial charge in [0.15, 0.2) is 0 Å². The minimum atomic E-state index is -4.74. The molecule has 0 bridgehead atoms. The molecule has 18 nitrogen and oxygen atoms in total. The van der Waals surface area contributed by atoms with Gasteiger partial charge in [0.1, 0.15) is 30.9 Å². The molecule has 0 spiro atoms. The molecule has 0 aromatic carbocycles. The average molecular weight is 1380 g/mol. The normalized spacial score (nSPS) is 14.7. The molecule has 0 aliphatic rings. The molecule has 0 saturated carbocycles. The Balaban J connectivity index is -0.000000378. The van der Waals surface area contributed by atoms with Crippen LogP contribution < -0.4 is 27.0 Å². The number of rotatable bonds is 65. The monoisotopic (exact) mass is 1380 g/mol. The smallest absolute Gasteiger partial charge is 0.265 e. The fourth-order valence-corrected chi connectivity index (χ4v) is 11.3. The predicted octanol–water partition coefficient (Wildman–Crippen LogP) is 14.2. The Morgan fingerprint density at radius 2 is 0.642 bits per heavy atom. The number of aliphatic hydroxyl groups excluding tert-OH is 7. The lowest BCUT2D eigenvalue weighted by molar-refractivity contribution is -0.439. The Morgan fingerprint density at radius 1 is 0.400 bits per heavy atom. The van der Waals surface area contributed by atoms with Crippen molar-refractivity contribution in [3.8, 4) is 0 Å². The summed E-state index contributed by atoms with van der Waals surface area (Å²) in [5, 5.41) is 71.5. The summed E-state index contributed by atoms with van der Waals surface area (Å²) in [5.74, 6) is -0.453. The maximum Gasteiger partial charge on any atom is 0.265 e. The van der Waals surface area contributed by atoms with E-state index in [2.05, 4.69) is 54.3 Å². The standard InChI is InChI=1S/C20H41NO3.C20H39NO3.C18H38NO5P.C18H37NO2.H2O/c2*1-3-4-5-6-7-8-9-10-11-12-13-14-15-16-20(24)19(17-22)21-18(2)23;1-2-3-4-5-6-7-8-9-10-11-12-13-14-15-18(20)17(19)16-24-25(21,22)23;1-2-3-4-5-6-7-8-9-10-11-12-13-14-15-18(21)17(19)16-20;/h19-20,22,24H,3-17H2,1-2H3,(H,21,23);15-16,19-20,22,24H,3-14,17H2,1-2H3,(H,21,23);14-15,17-18,20H,2-13,16,19H2,1H3,(H2,21,22,23);14-15,17-18,20-21H,2-13,16,19H2,1H3;1H2/b;16-15+;2*15-14+;/t2*19-,20+;2*17-,18+;/m0000./s1. The van der Waals surface area contributed by atoms with Crippen LogP contribution in [0.1, 0.15) is 363 Å². The van der Waals surface area contributed by atoms with Crippen molar-refractivity contribution in [2.45, 2.75) is 411 Å². The fraction of sp³-hybridized carbons (Fsp3) is 0.895. The van der Waals surface area contributed by atoms with Crippen LogP contribution in [0.5, 0.6) is 0 Å². The number of quaternary nitrogens is 2. The van der Waals surface area contributed by atoms with Gasteiger partial charge < -0.3 is 77.6 Å². The molecule has 0 saturated heterocycles. The summed E-state index contributed by atoms with van der Waals surface area (Å²) >= 11 is 0. The summed E-state index contributed by atoms with van der Waals surface area (Å²) in [6, 6.07) is -2.09. The fourth-order valence-electron chi connectivity index (χ4n) is 10.9. The van der Waals surface area contributed by atoms with E-state index in [0.29, 0.717) is 6.42 Å². The minimum Gasteiger partial charge on any atom is -0.870 e. The maximum absolute atomic E-state index is 11.0. The van der Waals surface area contributed by atoms with Crippen LogP contribution in [0, 0.1) is 0 Å². The number of aliphatic hydroxyl groups is 7. The van der Waals surface area contributed by atoms with E-state index < -0.39 is 50.4 Å². The zero-order chi connectivity index (χ0) is 70.8. The van der Waals surface area contributed by atoms with Gasteiger partial charge in [-0.1, -0.05) is 340 Å². The topological polar surface area (TPSA) is 355 Å². The highest BCUT2D eigenvalue weighted by molar-refractivity contribution is 7.44. The van der Waals surface area contributed by atoms with Crippen LogP contribution in [0.25, 0.3) is 0 Å². The number of amides is 2. The molecule has 0 aliphatic carbocycles. The number of phosphoric acid groups is 1. The molecule has 95 heavy (non-hydrogen) atoms. The van der Waals surface area contributed by atoms with Crippen molar-refractivity contribution >= 4 is 19.6 Å². The Kier molecular flexibility index (Phi) is 86.4. The number of nitrogens with one attached hydrogen (secondary N) is 2. The number of hydrogen-bond acceptors (Lipinski definition) is 13. The van der Waals surface area contributed by atoms with Gasteiger partial charge >= 0.3 is 0 Å². The van der Waals surface area contributed by atoms with Gasteiger partial charge in [-0.25, -0.2) is 0 Å². The summed E-state index contributed by atoms with van der Waals surface area (Å²) in [6.45, 7) is 10.9. The third kappa shape index (κ3) is 84.2. The Bertz CT molecular complexity index is 1680. The first-order valence-electron chi connectivity index (χ1n) is 38.7. The number of phosphoric ester groups is 1. The maximum atomic E-state index is 11.0. The number of carbonyl (C=O) groups excluding carboxylic acids is 2. The molecular formula is C76H157N4O14P. The van der Waals surface area contributed by atoms with Crippen LogP contribution in [0.2, 0.25) is 0 Å². The summed E-state index contributed by atoms with van der Waals surface area (Å²) in [5.41, 5.74) is 7.31. The molecule has 570 valence electrons. The molecule has 0 radical (unpaired) electrons. The second-order valence-corrected chi connectivity index (χ2v) is 28.0. The molecule has 17 N–H and O–H groups in total. The van der Waals surface area contributed by atoms with Crippen molar-refractivity contribution in [3.63, 3.8) is 0 Å². The number of allylic oxidation sites excluding steroid dienone is 3. The van der Waals surface area contributed by atoms with E-state index in [-0.39, 0.29) is 49.8 Å². The van der Waals surface area contributed by atoms with Crippen molar-refractivity contribution in [1.29, 1.82) is 0 Å². The third-order valence-electron chi connectivity index (χ3n) is 17.2. The first kappa shape index (κ1) is 102. The number of hydrogen-bond donors (Lipinski definition) is 12. The van der Waals surface area contributed by atoms with Crippen molar-refractivity contribution in [2.24, 2.45) is 0 Å². The SMILES string of the molecule is CCCCCCCCCCCCC/C=C/[C@@H](O)[C@@H]([NH3+])CO.CCCCCCCCCCCCC/C=C/[C@@H](O)[C@@H]([NH3+])COP(=O)([O-])O.CCCCCCCCCCCCC/C=C/[C@@H](O)[C@H](CO)NC(C)=O.CCCCCCCCCCCCCCC[C@@H](O)[C@H](CO)NC(C)=O.[OH-]. The summed E-state index contributed by atoms with van der Waals surface area (Å²) in [4.78, 5) is 40.9. The second-order valence-electron chi connectivity index (χ2n) is 26.8. The quantitative estimate of drug-likeness (QED) is 0.0153. The van der Waals surface area contributed by atoms with Gasteiger partial charge in [0.25, 0.3) is 7.82 Å². The van der Waals surface area contributed by atoms with Crippen molar-refractivity contribution in [3.05, 3.63) is 36.5 Å². The zero-order valence-electron chi connectivity index (χ0n) is 62.2. The lowest BCUT2D eigenvalue weighted by Crippen LogP contribution is -2.68. The average Bonchev–Trinajstić information content (AvgIpc) is 3.51. The molecule has 0 heterocycles. The molecule has 0 aromatic heterocycles. The van der Waals surface area contributed by atoms with Crippen LogP contribution in [0.3, 0.4) is 0 Å². The lowest BCUT2D eigenvalue weighted by Gasteiger charge is -2.21. The predicted molar refractivity (Wildman–Crippen MR) is 393 cm³/mol. The van der Waals surface area contributed by atoms with Gasteiger partial charge in [-0.05, 0) is 44.9 Å². The number of carbonyl (C=O) groups is 2. The molecule has 0 aliphatic heterocycles. The molecule has 0 fully saturated rings. The molecule has 1 unspecified atom stereocenters. The molecule has 0 aromatic rings. The van der Waals surface area contributed by atoms with Crippen LogP contribution in [0.4, 0.5) is 0 Å². The summed E-state index contributed by atoms with van der Waals surface area (Å²) in [6.07, 6.45) is 72.2. The zero-order valence-corrected chi connectivity index (χ0v) is 63.1. The van der Waals surface area contributed by atoms with Crippen molar-refractivity contribution < 1.29 is 81.2 Å². The number of unbranched alkanes of at least 4 members (excludes halogenated alkanes) is 45. The van der Waals surface area contributed by atoms with Gasteiger partial charge in [-0.15, -0.1) is 0 Å². The molecule has 9 atom stereocenters. The van der Waals surface area contributed by atoms with E-state index in [1.807, 2.05) is 18.2 Å². The summed E-state index contributed by atoms with van der Waals surface area (Å²) < 4.78 is 14.7. The van der Waals surface area contributed by atoms with Gasteiger partial charge in [-0.2, -0.15) is 0 Å². The van der Waals surface area contributed by atoms with Crippen molar-refractivity contribution in [1.82, 2.24) is 10.6 Å². The third-order valence-corrected chi connectivity index (χ3v) is 17.7. The minimum absolute atomic E-state index is 0. The Hall–Kier alpha value is -2.13. The lowest BCUT2D eigenvalue weighted by atomic mass is 10.0. The highest BCUT2D eigenvalue weighted by Gasteiger charge is 2.20. The molecule has 19 heteroatoms. The highest BCUT2D eigenvalue weighted by Crippen LogP contribution is 2.30. The largest absolute Gasteiger partial charge is 0.870 e. The van der Waals surface area contributed by atoms with Gasteiger partial charge in [-0.3, -0.25) is 14.2 Å². The van der Waals surface area contributed by atoms with Gasteiger partial charge in [0.2, 0.25) is 11.8 Å². The summed E-state index contributed by atoms with van der Waals surface area (Å²) in [7, 11) is -4.74.